The highest BCUT2D eigenvalue weighted by molar-refractivity contribution is 5.80. The smallest absolute Gasteiger partial charge is 0.309 e. The number of carbonyl (C=O) groups is 3. The number of rotatable bonds is 13. The number of hydrogen-bond donors (Lipinski definition) is 1. The fraction of sp³-hybridized carbons (Fsp3) is 0.480. The number of allylic oxidation sites excluding steroid dienone is 2. The number of esters is 2. The average molecular weight is 446 g/mol. The van der Waals surface area contributed by atoms with Crippen LogP contribution in [0.25, 0.3) is 0 Å². The summed E-state index contributed by atoms with van der Waals surface area (Å²) in [4.78, 5) is 37.3. The molecule has 0 saturated carbocycles. The van der Waals surface area contributed by atoms with Crippen molar-refractivity contribution in [3.8, 4) is 5.75 Å². The van der Waals surface area contributed by atoms with E-state index in [-0.39, 0.29) is 31.8 Å². The fourth-order valence-electron chi connectivity index (χ4n) is 2.99. The Labute approximate surface area is 190 Å². The van der Waals surface area contributed by atoms with E-state index in [0.717, 1.165) is 0 Å². The van der Waals surface area contributed by atoms with Gasteiger partial charge in [-0.3, -0.25) is 14.4 Å². The van der Waals surface area contributed by atoms with Crippen molar-refractivity contribution in [3.05, 3.63) is 55.1 Å². The van der Waals surface area contributed by atoms with Gasteiger partial charge in [0.25, 0.3) is 0 Å². The minimum atomic E-state index is -0.725. The van der Waals surface area contributed by atoms with Gasteiger partial charge in [-0.25, -0.2) is 0 Å². The maximum atomic E-state index is 12.7. The van der Waals surface area contributed by atoms with Crippen LogP contribution in [0.2, 0.25) is 0 Å². The third-order valence-corrected chi connectivity index (χ3v) is 4.43. The highest BCUT2D eigenvalue weighted by atomic mass is 16.6. The molecule has 0 aliphatic carbocycles. The van der Waals surface area contributed by atoms with Gasteiger partial charge in [0.2, 0.25) is 5.91 Å². The quantitative estimate of drug-likeness (QED) is 0.360. The fourth-order valence-corrected chi connectivity index (χ4v) is 2.99. The molecule has 1 aromatic rings. The maximum absolute atomic E-state index is 12.7. The first-order valence-electron chi connectivity index (χ1n) is 10.6. The van der Waals surface area contributed by atoms with Gasteiger partial charge < -0.3 is 19.5 Å². The van der Waals surface area contributed by atoms with Crippen molar-refractivity contribution < 1.29 is 28.6 Å². The van der Waals surface area contributed by atoms with Gasteiger partial charge >= 0.3 is 11.9 Å². The van der Waals surface area contributed by atoms with E-state index in [1.54, 1.807) is 45.1 Å². The van der Waals surface area contributed by atoms with Crippen LogP contribution in [0.5, 0.6) is 5.75 Å². The molecule has 1 amide bonds. The molecule has 0 radical (unpaired) electrons. The Balaban J connectivity index is 2.94. The SMILES string of the molecule is C=CCCC(=O)N[C@@H](COC(=O)[C@@H](CC=C)CC(=O)OC(C)(C)C)c1ccccc1OC. The van der Waals surface area contributed by atoms with Crippen LogP contribution in [-0.4, -0.2) is 37.2 Å². The second-order valence-corrected chi connectivity index (χ2v) is 8.33. The molecule has 0 heterocycles. The first-order valence-corrected chi connectivity index (χ1v) is 10.6. The predicted octanol–water partition coefficient (Wildman–Crippen LogP) is 4.29. The lowest BCUT2D eigenvalue weighted by molar-refractivity contribution is -0.161. The van der Waals surface area contributed by atoms with Crippen LogP contribution in [0, 0.1) is 5.92 Å². The number of nitrogens with one attached hydrogen (secondary N) is 1. The molecule has 0 fully saturated rings. The summed E-state index contributed by atoms with van der Waals surface area (Å²) in [5.74, 6) is -1.41. The Morgan fingerprint density at radius 3 is 2.41 bits per heavy atom. The van der Waals surface area contributed by atoms with E-state index in [0.29, 0.717) is 17.7 Å². The molecule has 0 aliphatic rings. The molecule has 0 saturated heterocycles. The molecule has 0 spiro atoms. The van der Waals surface area contributed by atoms with Crippen LogP contribution in [0.15, 0.2) is 49.6 Å². The molecule has 32 heavy (non-hydrogen) atoms. The second kappa shape index (κ2) is 13.3. The summed E-state index contributed by atoms with van der Waals surface area (Å²) in [7, 11) is 1.53. The zero-order valence-corrected chi connectivity index (χ0v) is 19.5. The number of hydrogen-bond acceptors (Lipinski definition) is 6. The lowest BCUT2D eigenvalue weighted by Gasteiger charge is -2.23. The number of benzene rings is 1. The van der Waals surface area contributed by atoms with Gasteiger partial charge in [0.15, 0.2) is 0 Å². The summed E-state index contributed by atoms with van der Waals surface area (Å²) in [6, 6.07) is 6.58. The molecule has 0 aromatic heterocycles. The summed E-state index contributed by atoms with van der Waals surface area (Å²) in [6.45, 7) is 12.5. The van der Waals surface area contributed by atoms with Crippen molar-refractivity contribution in [2.75, 3.05) is 13.7 Å². The zero-order valence-electron chi connectivity index (χ0n) is 19.5. The summed E-state index contributed by atoms with van der Waals surface area (Å²) in [5.41, 5.74) is 0.0341. The highest BCUT2D eigenvalue weighted by Crippen LogP contribution is 2.26. The van der Waals surface area contributed by atoms with Crippen molar-refractivity contribution in [1.82, 2.24) is 5.32 Å². The summed E-state index contributed by atoms with van der Waals surface area (Å²) < 4.78 is 16.2. The summed E-state index contributed by atoms with van der Waals surface area (Å²) in [5, 5.41) is 2.89. The molecule has 0 unspecified atom stereocenters. The molecule has 1 rings (SSSR count). The van der Waals surface area contributed by atoms with Crippen molar-refractivity contribution in [1.29, 1.82) is 0 Å². The van der Waals surface area contributed by atoms with Crippen LogP contribution in [0.1, 0.15) is 58.1 Å². The van der Waals surface area contributed by atoms with Gasteiger partial charge in [0.05, 0.1) is 25.5 Å². The Morgan fingerprint density at radius 1 is 1.12 bits per heavy atom. The Morgan fingerprint density at radius 2 is 1.81 bits per heavy atom. The van der Waals surface area contributed by atoms with E-state index in [4.69, 9.17) is 14.2 Å². The van der Waals surface area contributed by atoms with Gasteiger partial charge in [-0.15, -0.1) is 13.2 Å². The third-order valence-electron chi connectivity index (χ3n) is 4.43. The summed E-state index contributed by atoms with van der Waals surface area (Å²) >= 11 is 0. The molecule has 7 nitrogen and oxygen atoms in total. The minimum Gasteiger partial charge on any atom is -0.496 e. The van der Waals surface area contributed by atoms with Crippen molar-refractivity contribution in [2.24, 2.45) is 5.92 Å². The molecule has 1 aromatic carbocycles. The predicted molar refractivity (Wildman–Crippen MR) is 123 cm³/mol. The lowest BCUT2D eigenvalue weighted by Crippen LogP contribution is -2.33. The monoisotopic (exact) mass is 445 g/mol. The molecule has 1 N–H and O–H groups in total. The number of carbonyl (C=O) groups excluding carboxylic acids is 3. The van der Waals surface area contributed by atoms with E-state index in [2.05, 4.69) is 18.5 Å². The maximum Gasteiger partial charge on any atom is 0.309 e. The van der Waals surface area contributed by atoms with Gasteiger partial charge in [0, 0.05) is 12.0 Å². The second-order valence-electron chi connectivity index (χ2n) is 8.33. The molecular weight excluding hydrogens is 410 g/mol. The van der Waals surface area contributed by atoms with Crippen molar-refractivity contribution in [3.63, 3.8) is 0 Å². The average Bonchev–Trinajstić information content (AvgIpc) is 2.73. The molecule has 7 heteroatoms. The number of ether oxygens (including phenoxy) is 3. The number of amides is 1. The zero-order chi connectivity index (χ0) is 24.1. The van der Waals surface area contributed by atoms with Gasteiger partial charge in [0.1, 0.15) is 18.0 Å². The van der Waals surface area contributed by atoms with Crippen LogP contribution in [0.3, 0.4) is 0 Å². The first-order chi connectivity index (χ1) is 15.1. The highest BCUT2D eigenvalue weighted by Gasteiger charge is 2.27. The van der Waals surface area contributed by atoms with Crippen molar-refractivity contribution >= 4 is 17.8 Å². The van der Waals surface area contributed by atoms with E-state index in [9.17, 15) is 14.4 Å². The largest absolute Gasteiger partial charge is 0.496 e. The number of para-hydroxylation sites is 1. The standard InChI is InChI=1S/C25H35NO6/c1-7-9-15-22(27)26-20(19-13-10-11-14-21(19)30-6)17-31-24(29)18(12-8-2)16-23(28)32-25(3,4)5/h7-8,10-11,13-14,18,20H,1-2,9,12,15-17H2,3-6H3,(H,26,27)/t18-,20-/m0/s1. The minimum absolute atomic E-state index is 0.110. The topological polar surface area (TPSA) is 90.9 Å². The normalized spacial score (nSPS) is 12.8. The Bertz CT molecular complexity index is 796. The molecular formula is C25H35NO6. The molecule has 176 valence electrons. The first kappa shape index (κ1) is 26.9. The molecule has 0 bridgehead atoms. The van der Waals surface area contributed by atoms with E-state index < -0.39 is 29.5 Å². The van der Waals surface area contributed by atoms with Crippen molar-refractivity contribution in [2.45, 2.75) is 58.1 Å². The Hall–Kier alpha value is -3.09. The Kier molecular flexibility index (Phi) is 11.2. The number of methoxy groups -OCH3 is 1. The van der Waals surface area contributed by atoms with Crippen LogP contribution >= 0.6 is 0 Å². The van der Waals surface area contributed by atoms with Crippen LogP contribution in [-0.2, 0) is 23.9 Å². The van der Waals surface area contributed by atoms with Crippen LogP contribution in [0.4, 0.5) is 0 Å². The van der Waals surface area contributed by atoms with Gasteiger partial charge in [-0.05, 0) is 39.7 Å². The van der Waals surface area contributed by atoms with Crippen LogP contribution < -0.4 is 10.1 Å². The van der Waals surface area contributed by atoms with E-state index in [1.165, 1.54) is 7.11 Å². The van der Waals surface area contributed by atoms with Gasteiger partial charge in [-0.1, -0.05) is 30.4 Å². The van der Waals surface area contributed by atoms with Gasteiger partial charge in [-0.2, -0.15) is 0 Å². The van der Waals surface area contributed by atoms with E-state index in [1.807, 2.05) is 12.1 Å². The molecule has 0 aliphatic heterocycles. The van der Waals surface area contributed by atoms with E-state index >= 15 is 0 Å². The third kappa shape index (κ3) is 9.81. The summed E-state index contributed by atoms with van der Waals surface area (Å²) in [6.07, 6.45) is 4.16. The molecule has 2 atom stereocenters. The lowest BCUT2D eigenvalue weighted by atomic mass is 10.0.